The third-order valence-corrected chi connectivity index (χ3v) is 3.30. The Morgan fingerprint density at radius 2 is 2.24 bits per heavy atom. The number of carbonyl (C=O) groups is 1. The van der Waals surface area contributed by atoms with Gasteiger partial charge in [0.15, 0.2) is 18.1 Å². The lowest BCUT2D eigenvalue weighted by Gasteiger charge is -2.11. The molecule has 0 aliphatic carbocycles. The maximum Gasteiger partial charge on any atom is 0.226 e. The second-order valence-corrected chi connectivity index (χ2v) is 5.15. The molecular formula is C14H15BrN2O4. The Hall–Kier alpha value is -1.89. The third-order valence-electron chi connectivity index (χ3n) is 2.71. The largest absolute Gasteiger partial charge is 0.493 e. The number of aldehydes is 1. The molecule has 2 rings (SSSR count). The quantitative estimate of drug-likeness (QED) is 0.710. The molecule has 112 valence electrons. The fraction of sp³-hybridized carbons (Fsp3) is 0.357. The lowest BCUT2D eigenvalue weighted by atomic mass is 10.2. The van der Waals surface area contributed by atoms with Gasteiger partial charge in [0.25, 0.3) is 0 Å². The summed E-state index contributed by atoms with van der Waals surface area (Å²) in [6, 6.07) is 3.26. The summed E-state index contributed by atoms with van der Waals surface area (Å²) >= 11 is 3.36. The van der Waals surface area contributed by atoms with Crippen molar-refractivity contribution in [3.8, 4) is 11.5 Å². The highest BCUT2D eigenvalue weighted by atomic mass is 79.9. The van der Waals surface area contributed by atoms with Crippen LogP contribution in [-0.4, -0.2) is 23.5 Å². The van der Waals surface area contributed by atoms with Gasteiger partial charge in [0.2, 0.25) is 11.7 Å². The minimum atomic E-state index is 0.155. The van der Waals surface area contributed by atoms with Crippen molar-refractivity contribution < 1.29 is 18.8 Å². The normalized spacial score (nSPS) is 10.4. The van der Waals surface area contributed by atoms with E-state index in [1.807, 2.05) is 6.92 Å². The Morgan fingerprint density at radius 1 is 1.43 bits per heavy atom. The van der Waals surface area contributed by atoms with Crippen LogP contribution in [0.15, 0.2) is 21.1 Å². The molecule has 2 aromatic rings. The molecule has 0 aliphatic rings. The third kappa shape index (κ3) is 3.81. The van der Waals surface area contributed by atoms with E-state index in [1.54, 1.807) is 12.1 Å². The molecule has 0 fully saturated rings. The van der Waals surface area contributed by atoms with Crippen LogP contribution in [0.2, 0.25) is 0 Å². The number of benzene rings is 1. The predicted octanol–water partition coefficient (Wildman–Crippen LogP) is 3.18. The van der Waals surface area contributed by atoms with Crippen molar-refractivity contribution in [2.45, 2.75) is 26.4 Å². The summed E-state index contributed by atoms with van der Waals surface area (Å²) in [4.78, 5) is 15.1. The number of ether oxygens (including phenoxy) is 2. The lowest BCUT2D eigenvalue weighted by Crippen LogP contribution is -2.01. The molecule has 7 heteroatoms. The number of methoxy groups -OCH3 is 1. The highest BCUT2D eigenvalue weighted by Crippen LogP contribution is 2.36. The molecule has 0 radical (unpaired) electrons. The van der Waals surface area contributed by atoms with Crippen LogP contribution in [0.25, 0.3) is 0 Å². The zero-order chi connectivity index (χ0) is 15.2. The lowest BCUT2D eigenvalue weighted by molar-refractivity contribution is 0.112. The summed E-state index contributed by atoms with van der Waals surface area (Å²) in [5.41, 5.74) is 0.496. The number of aryl methyl sites for hydroxylation is 1. The molecule has 0 atom stereocenters. The highest BCUT2D eigenvalue weighted by molar-refractivity contribution is 9.10. The first-order valence-electron chi connectivity index (χ1n) is 6.44. The van der Waals surface area contributed by atoms with Crippen LogP contribution in [0, 0.1) is 0 Å². The Labute approximate surface area is 130 Å². The van der Waals surface area contributed by atoms with Gasteiger partial charge in [0.1, 0.15) is 6.29 Å². The Morgan fingerprint density at radius 3 is 2.90 bits per heavy atom. The number of halogens is 1. The van der Waals surface area contributed by atoms with Crippen LogP contribution < -0.4 is 9.47 Å². The standard InChI is InChI=1S/C14H15BrN2O4/c1-3-4-13-16-12(17-21-13)8-20-14-10(15)5-9(7-18)6-11(14)19-2/h5-7H,3-4,8H2,1-2H3. The second kappa shape index (κ2) is 7.21. The average Bonchev–Trinajstić information content (AvgIpc) is 2.93. The van der Waals surface area contributed by atoms with Gasteiger partial charge in [0, 0.05) is 12.0 Å². The van der Waals surface area contributed by atoms with E-state index in [0.29, 0.717) is 33.3 Å². The Balaban J connectivity index is 2.13. The SMILES string of the molecule is CCCc1nc(COc2c(Br)cc(C=O)cc2OC)no1. The van der Waals surface area contributed by atoms with Gasteiger partial charge in [-0.25, -0.2) is 0 Å². The fourth-order valence-electron chi connectivity index (χ4n) is 1.75. The van der Waals surface area contributed by atoms with Crippen LogP contribution in [0.1, 0.15) is 35.4 Å². The first-order chi connectivity index (χ1) is 10.2. The minimum Gasteiger partial charge on any atom is -0.493 e. The van der Waals surface area contributed by atoms with E-state index in [0.717, 1.165) is 19.1 Å². The molecule has 0 saturated carbocycles. The monoisotopic (exact) mass is 354 g/mol. The van der Waals surface area contributed by atoms with Crippen LogP contribution in [0.5, 0.6) is 11.5 Å². The van der Waals surface area contributed by atoms with E-state index in [-0.39, 0.29) is 6.61 Å². The molecule has 21 heavy (non-hydrogen) atoms. The van der Waals surface area contributed by atoms with E-state index in [4.69, 9.17) is 14.0 Å². The molecule has 0 bridgehead atoms. The zero-order valence-corrected chi connectivity index (χ0v) is 13.3. The van der Waals surface area contributed by atoms with E-state index in [9.17, 15) is 4.79 Å². The molecule has 1 heterocycles. The summed E-state index contributed by atoms with van der Waals surface area (Å²) in [7, 11) is 1.51. The minimum absolute atomic E-state index is 0.155. The van der Waals surface area contributed by atoms with Crippen LogP contribution >= 0.6 is 15.9 Å². The first-order valence-corrected chi connectivity index (χ1v) is 7.24. The van der Waals surface area contributed by atoms with Crippen molar-refractivity contribution in [1.29, 1.82) is 0 Å². The second-order valence-electron chi connectivity index (χ2n) is 4.29. The van der Waals surface area contributed by atoms with Crippen LogP contribution in [0.3, 0.4) is 0 Å². The summed E-state index contributed by atoms with van der Waals surface area (Å²) in [6.07, 6.45) is 2.43. The Bertz CT molecular complexity index is 627. The van der Waals surface area contributed by atoms with Crippen molar-refractivity contribution in [3.05, 3.63) is 33.9 Å². The number of hydrogen-bond donors (Lipinski definition) is 0. The van der Waals surface area contributed by atoms with Crippen molar-refractivity contribution in [3.63, 3.8) is 0 Å². The summed E-state index contributed by atoms with van der Waals surface area (Å²) in [5.74, 6) is 2.01. The smallest absolute Gasteiger partial charge is 0.226 e. The van der Waals surface area contributed by atoms with Gasteiger partial charge in [-0.2, -0.15) is 4.98 Å². The van der Waals surface area contributed by atoms with Crippen molar-refractivity contribution in [2.24, 2.45) is 0 Å². The molecule has 0 aliphatic heterocycles. The van der Waals surface area contributed by atoms with Crippen molar-refractivity contribution >= 4 is 22.2 Å². The van der Waals surface area contributed by atoms with Gasteiger partial charge < -0.3 is 14.0 Å². The predicted molar refractivity (Wildman–Crippen MR) is 78.7 cm³/mol. The van der Waals surface area contributed by atoms with E-state index < -0.39 is 0 Å². The molecule has 0 N–H and O–H groups in total. The summed E-state index contributed by atoms with van der Waals surface area (Å²) in [6.45, 7) is 2.19. The average molecular weight is 355 g/mol. The van der Waals surface area contributed by atoms with Crippen LogP contribution in [-0.2, 0) is 13.0 Å². The molecule has 0 amide bonds. The number of carbonyl (C=O) groups excluding carboxylic acids is 1. The molecule has 0 spiro atoms. The summed E-state index contributed by atoms with van der Waals surface area (Å²) in [5, 5.41) is 3.85. The van der Waals surface area contributed by atoms with Gasteiger partial charge >= 0.3 is 0 Å². The topological polar surface area (TPSA) is 74.5 Å². The number of rotatable bonds is 7. The molecular weight excluding hydrogens is 340 g/mol. The molecule has 6 nitrogen and oxygen atoms in total. The number of hydrogen-bond acceptors (Lipinski definition) is 6. The number of aromatic nitrogens is 2. The van der Waals surface area contributed by atoms with Crippen molar-refractivity contribution in [2.75, 3.05) is 7.11 Å². The maximum atomic E-state index is 10.8. The highest BCUT2D eigenvalue weighted by Gasteiger charge is 2.13. The van der Waals surface area contributed by atoms with Gasteiger partial charge in [-0.05, 0) is 34.5 Å². The fourth-order valence-corrected chi connectivity index (χ4v) is 2.32. The van der Waals surface area contributed by atoms with Crippen molar-refractivity contribution in [1.82, 2.24) is 10.1 Å². The molecule has 0 unspecified atom stereocenters. The maximum absolute atomic E-state index is 10.8. The Kier molecular flexibility index (Phi) is 5.32. The van der Waals surface area contributed by atoms with Gasteiger partial charge in [-0.1, -0.05) is 12.1 Å². The molecule has 1 aromatic heterocycles. The number of nitrogens with zero attached hydrogens (tertiary/aromatic N) is 2. The van der Waals surface area contributed by atoms with E-state index in [2.05, 4.69) is 26.1 Å². The van der Waals surface area contributed by atoms with E-state index in [1.165, 1.54) is 7.11 Å². The van der Waals surface area contributed by atoms with Gasteiger partial charge in [-0.3, -0.25) is 4.79 Å². The van der Waals surface area contributed by atoms with Crippen LogP contribution in [0.4, 0.5) is 0 Å². The first kappa shape index (κ1) is 15.5. The van der Waals surface area contributed by atoms with Gasteiger partial charge in [0.05, 0.1) is 11.6 Å². The molecule has 0 saturated heterocycles. The summed E-state index contributed by atoms with van der Waals surface area (Å²) < 4.78 is 16.6. The zero-order valence-electron chi connectivity index (χ0n) is 11.8. The van der Waals surface area contributed by atoms with E-state index >= 15 is 0 Å². The van der Waals surface area contributed by atoms with Gasteiger partial charge in [-0.15, -0.1) is 0 Å². The molecule has 1 aromatic carbocycles.